The Hall–Kier alpha value is -3.57. The zero-order valence-electron chi connectivity index (χ0n) is 17.4. The average molecular weight is 433 g/mol. The predicted octanol–water partition coefficient (Wildman–Crippen LogP) is 5.36. The van der Waals surface area contributed by atoms with Crippen LogP contribution in [-0.4, -0.2) is 18.9 Å². The number of ether oxygens (including phenoxy) is 1. The lowest BCUT2D eigenvalue weighted by atomic mass is 10.0. The van der Waals surface area contributed by atoms with Crippen molar-refractivity contribution in [2.24, 2.45) is 0 Å². The molecule has 1 aliphatic heterocycles. The second-order valence-electron chi connectivity index (χ2n) is 7.30. The van der Waals surface area contributed by atoms with Crippen molar-refractivity contribution >= 4 is 40.4 Å². The van der Waals surface area contributed by atoms with E-state index in [4.69, 9.17) is 16.3 Å². The Morgan fingerprint density at radius 1 is 0.871 bits per heavy atom. The molecule has 2 amide bonds. The molecule has 1 N–H and O–H groups in total. The number of amides is 2. The Morgan fingerprint density at radius 2 is 1.58 bits per heavy atom. The number of halogens is 1. The van der Waals surface area contributed by atoms with E-state index in [0.29, 0.717) is 27.6 Å². The third-order valence-corrected chi connectivity index (χ3v) is 5.69. The summed E-state index contributed by atoms with van der Waals surface area (Å²) in [5.41, 5.74) is 4.16. The summed E-state index contributed by atoms with van der Waals surface area (Å²) < 4.78 is 5.22. The molecule has 4 rings (SSSR count). The number of nitrogens with one attached hydrogen (secondary N) is 1. The van der Waals surface area contributed by atoms with Gasteiger partial charge in [-0.05, 0) is 60.9 Å². The molecule has 1 heterocycles. The first-order valence-electron chi connectivity index (χ1n) is 9.77. The highest BCUT2D eigenvalue weighted by atomic mass is 35.5. The maximum absolute atomic E-state index is 13.5. The van der Waals surface area contributed by atoms with Gasteiger partial charge in [-0.3, -0.25) is 9.59 Å². The minimum absolute atomic E-state index is 0.223. The number of benzene rings is 3. The number of imide groups is 1. The second kappa shape index (κ2) is 8.28. The van der Waals surface area contributed by atoms with Crippen molar-refractivity contribution in [3.8, 4) is 5.75 Å². The van der Waals surface area contributed by atoms with E-state index in [0.717, 1.165) is 21.7 Å². The highest BCUT2D eigenvalue weighted by molar-refractivity contribution is 6.46. The number of hydrogen-bond donors (Lipinski definition) is 1. The number of carbonyl (C=O) groups excluding carboxylic acids is 2. The summed E-state index contributed by atoms with van der Waals surface area (Å²) in [5, 5.41) is 3.69. The summed E-state index contributed by atoms with van der Waals surface area (Å²) in [6, 6.07) is 19.8. The molecule has 0 unspecified atom stereocenters. The summed E-state index contributed by atoms with van der Waals surface area (Å²) in [6.45, 7) is 3.81. The molecule has 0 atom stereocenters. The molecule has 0 saturated heterocycles. The van der Waals surface area contributed by atoms with Gasteiger partial charge in [0.1, 0.15) is 11.4 Å². The third kappa shape index (κ3) is 3.80. The number of methoxy groups -OCH3 is 1. The van der Waals surface area contributed by atoms with Gasteiger partial charge in [0, 0.05) is 10.7 Å². The molecular formula is C25H21ClN2O3. The molecule has 0 aromatic heterocycles. The van der Waals surface area contributed by atoms with Crippen LogP contribution in [0.3, 0.4) is 0 Å². The minimum Gasteiger partial charge on any atom is -0.497 e. The minimum atomic E-state index is -0.431. The molecule has 1 aliphatic rings. The molecule has 0 aliphatic carbocycles. The molecule has 3 aromatic carbocycles. The van der Waals surface area contributed by atoms with Gasteiger partial charge in [-0.25, -0.2) is 4.90 Å². The molecule has 3 aromatic rings. The number of para-hydroxylation sites is 1. The van der Waals surface area contributed by atoms with E-state index in [9.17, 15) is 9.59 Å². The lowest BCUT2D eigenvalue weighted by Gasteiger charge is -2.16. The van der Waals surface area contributed by atoms with Crippen LogP contribution in [0.25, 0.3) is 5.57 Å². The van der Waals surface area contributed by atoms with E-state index >= 15 is 0 Å². The Bertz CT molecular complexity index is 1220. The first-order valence-corrected chi connectivity index (χ1v) is 10.1. The van der Waals surface area contributed by atoms with Gasteiger partial charge < -0.3 is 10.1 Å². The summed E-state index contributed by atoms with van der Waals surface area (Å²) in [4.78, 5) is 28.1. The highest BCUT2D eigenvalue weighted by Crippen LogP contribution is 2.36. The van der Waals surface area contributed by atoms with Crippen molar-refractivity contribution in [3.63, 3.8) is 0 Å². The van der Waals surface area contributed by atoms with Gasteiger partial charge in [0.2, 0.25) is 0 Å². The molecule has 31 heavy (non-hydrogen) atoms. The molecule has 0 radical (unpaired) electrons. The normalized spacial score (nSPS) is 13.7. The molecule has 0 bridgehead atoms. The lowest BCUT2D eigenvalue weighted by molar-refractivity contribution is -0.120. The zero-order chi connectivity index (χ0) is 22.1. The van der Waals surface area contributed by atoms with Gasteiger partial charge >= 0.3 is 0 Å². The van der Waals surface area contributed by atoms with E-state index in [1.807, 2.05) is 38.1 Å². The number of nitrogens with zero attached hydrogens (tertiary/aromatic N) is 1. The fourth-order valence-corrected chi connectivity index (χ4v) is 3.65. The Kier molecular flexibility index (Phi) is 5.53. The number of rotatable bonds is 5. The van der Waals surface area contributed by atoms with Crippen LogP contribution in [0.1, 0.15) is 16.7 Å². The highest BCUT2D eigenvalue weighted by Gasteiger charge is 2.40. The Morgan fingerprint density at radius 3 is 2.23 bits per heavy atom. The molecular weight excluding hydrogens is 412 g/mol. The molecule has 0 saturated carbocycles. The predicted molar refractivity (Wildman–Crippen MR) is 123 cm³/mol. The van der Waals surface area contributed by atoms with E-state index in [1.165, 1.54) is 0 Å². The van der Waals surface area contributed by atoms with Crippen molar-refractivity contribution in [3.05, 3.63) is 94.1 Å². The molecule has 0 spiro atoms. The van der Waals surface area contributed by atoms with E-state index < -0.39 is 11.8 Å². The van der Waals surface area contributed by atoms with Gasteiger partial charge in [0.05, 0.1) is 18.4 Å². The van der Waals surface area contributed by atoms with Crippen LogP contribution in [0.5, 0.6) is 5.75 Å². The van der Waals surface area contributed by atoms with Crippen molar-refractivity contribution in [2.75, 3.05) is 17.3 Å². The fraction of sp³-hybridized carbons (Fsp3) is 0.120. The van der Waals surface area contributed by atoms with Gasteiger partial charge in [-0.15, -0.1) is 0 Å². The third-order valence-electron chi connectivity index (χ3n) is 5.28. The topological polar surface area (TPSA) is 58.6 Å². The van der Waals surface area contributed by atoms with E-state index in [1.54, 1.807) is 49.6 Å². The van der Waals surface area contributed by atoms with Crippen molar-refractivity contribution in [1.29, 1.82) is 0 Å². The fourth-order valence-electron chi connectivity index (χ4n) is 3.47. The smallest absolute Gasteiger partial charge is 0.282 e. The van der Waals surface area contributed by atoms with Gasteiger partial charge in [0.25, 0.3) is 11.8 Å². The van der Waals surface area contributed by atoms with Crippen molar-refractivity contribution < 1.29 is 14.3 Å². The van der Waals surface area contributed by atoms with Crippen LogP contribution in [0.4, 0.5) is 11.4 Å². The standard InChI is InChI=1S/C25H21ClN2O3/c1-15-8-11-18(14-20(15)26)28-24(29)22(17-9-12-19(31-3)13-10-17)23(25(28)30)27-21-7-5-4-6-16(21)2/h4-14,27H,1-3H3. The largest absolute Gasteiger partial charge is 0.497 e. The molecule has 6 heteroatoms. The summed E-state index contributed by atoms with van der Waals surface area (Å²) >= 11 is 6.27. The maximum atomic E-state index is 13.5. The summed E-state index contributed by atoms with van der Waals surface area (Å²) in [5.74, 6) is -0.179. The van der Waals surface area contributed by atoms with E-state index in [2.05, 4.69) is 5.32 Å². The number of anilines is 2. The lowest BCUT2D eigenvalue weighted by Crippen LogP contribution is -2.32. The SMILES string of the molecule is COc1ccc(C2=C(Nc3ccccc3C)C(=O)N(c3ccc(C)c(Cl)c3)C2=O)cc1. The van der Waals surface area contributed by atoms with Crippen molar-refractivity contribution in [2.45, 2.75) is 13.8 Å². The molecule has 156 valence electrons. The maximum Gasteiger partial charge on any atom is 0.282 e. The first-order chi connectivity index (χ1) is 14.9. The monoisotopic (exact) mass is 432 g/mol. The summed E-state index contributed by atoms with van der Waals surface area (Å²) in [7, 11) is 1.58. The van der Waals surface area contributed by atoms with Crippen LogP contribution >= 0.6 is 11.6 Å². The van der Waals surface area contributed by atoms with E-state index in [-0.39, 0.29) is 5.70 Å². The van der Waals surface area contributed by atoms with Crippen LogP contribution in [-0.2, 0) is 9.59 Å². The van der Waals surface area contributed by atoms with Crippen LogP contribution < -0.4 is 15.0 Å². The average Bonchev–Trinajstić information content (AvgIpc) is 3.01. The van der Waals surface area contributed by atoms with Crippen LogP contribution in [0.2, 0.25) is 5.02 Å². The van der Waals surface area contributed by atoms with Gasteiger partial charge in [0.15, 0.2) is 0 Å². The number of hydrogen-bond acceptors (Lipinski definition) is 4. The molecule has 0 fully saturated rings. The van der Waals surface area contributed by atoms with Crippen LogP contribution in [0.15, 0.2) is 72.4 Å². The molecule has 5 nitrogen and oxygen atoms in total. The number of aryl methyl sites for hydroxylation is 2. The first kappa shape index (κ1) is 20.7. The number of carbonyl (C=O) groups is 2. The van der Waals surface area contributed by atoms with Gasteiger partial charge in [-0.1, -0.05) is 48.0 Å². The Balaban J connectivity index is 1.83. The van der Waals surface area contributed by atoms with Gasteiger partial charge in [-0.2, -0.15) is 0 Å². The van der Waals surface area contributed by atoms with Crippen LogP contribution in [0, 0.1) is 13.8 Å². The zero-order valence-corrected chi connectivity index (χ0v) is 18.2. The summed E-state index contributed by atoms with van der Waals surface area (Å²) in [6.07, 6.45) is 0. The quantitative estimate of drug-likeness (QED) is 0.551. The second-order valence-corrected chi connectivity index (χ2v) is 7.70. The van der Waals surface area contributed by atoms with Crippen molar-refractivity contribution in [1.82, 2.24) is 0 Å². The Labute approximate surface area is 185 Å².